The third-order valence-electron chi connectivity index (χ3n) is 3.49. The molecule has 0 radical (unpaired) electrons. The normalized spacial score (nSPS) is 17.8. The summed E-state index contributed by atoms with van der Waals surface area (Å²) in [6.07, 6.45) is 2.01. The highest BCUT2D eigenvalue weighted by atomic mass is 16.5. The van der Waals surface area contributed by atoms with Gasteiger partial charge in [-0.1, -0.05) is 0 Å². The van der Waals surface area contributed by atoms with Crippen molar-refractivity contribution in [3.05, 3.63) is 24.3 Å². The third kappa shape index (κ3) is 3.87. The average molecular weight is 278 g/mol. The summed E-state index contributed by atoms with van der Waals surface area (Å²) in [6, 6.07) is 7.42. The Bertz CT molecular complexity index is 427. The van der Waals surface area contributed by atoms with Gasteiger partial charge in [-0.3, -0.25) is 4.79 Å². The monoisotopic (exact) mass is 278 g/mol. The van der Waals surface area contributed by atoms with Gasteiger partial charge in [0.2, 0.25) is 5.91 Å². The Kier molecular flexibility index (Phi) is 5.24. The first-order valence-corrected chi connectivity index (χ1v) is 6.96. The van der Waals surface area contributed by atoms with Gasteiger partial charge in [-0.15, -0.1) is 0 Å². The highest BCUT2D eigenvalue weighted by Crippen LogP contribution is 2.16. The van der Waals surface area contributed by atoms with E-state index in [0.717, 1.165) is 30.9 Å². The van der Waals surface area contributed by atoms with Crippen LogP contribution in [0.4, 0.5) is 0 Å². The van der Waals surface area contributed by atoms with Crippen LogP contribution in [0.25, 0.3) is 0 Å². The van der Waals surface area contributed by atoms with E-state index in [9.17, 15) is 4.79 Å². The number of hydrogen-bond donors (Lipinski definition) is 1. The summed E-state index contributed by atoms with van der Waals surface area (Å²) < 4.78 is 10.7. The Balaban J connectivity index is 1.72. The fourth-order valence-electron chi connectivity index (χ4n) is 2.24. The van der Waals surface area contributed by atoms with E-state index in [1.807, 2.05) is 31.3 Å². The molecule has 1 saturated heterocycles. The van der Waals surface area contributed by atoms with E-state index in [2.05, 4.69) is 5.32 Å². The molecule has 1 aliphatic heterocycles. The molecule has 1 amide bonds. The molecule has 5 nitrogen and oxygen atoms in total. The molecular weight excluding hydrogens is 256 g/mol. The predicted molar refractivity (Wildman–Crippen MR) is 77.2 cm³/mol. The average Bonchev–Trinajstić information content (AvgIpc) is 3.01. The fourth-order valence-corrected chi connectivity index (χ4v) is 2.24. The van der Waals surface area contributed by atoms with Crippen LogP contribution in [0.2, 0.25) is 0 Å². The predicted octanol–water partition coefficient (Wildman–Crippen LogP) is 1.28. The molecule has 110 valence electrons. The zero-order chi connectivity index (χ0) is 14.4. The molecule has 1 aliphatic rings. The molecule has 0 bridgehead atoms. The van der Waals surface area contributed by atoms with Gasteiger partial charge in [0, 0.05) is 7.05 Å². The molecule has 0 aliphatic carbocycles. The topological polar surface area (TPSA) is 50.8 Å². The lowest BCUT2D eigenvalue weighted by Crippen LogP contribution is -2.43. The number of nitrogens with one attached hydrogen (secondary N) is 1. The number of rotatable bonds is 6. The minimum Gasteiger partial charge on any atom is -0.497 e. The number of hydrogen-bond acceptors (Lipinski definition) is 4. The largest absolute Gasteiger partial charge is 0.497 e. The quantitative estimate of drug-likeness (QED) is 0.852. The van der Waals surface area contributed by atoms with Crippen LogP contribution < -0.4 is 14.8 Å². The van der Waals surface area contributed by atoms with Gasteiger partial charge >= 0.3 is 0 Å². The molecule has 1 aromatic rings. The van der Waals surface area contributed by atoms with Crippen LogP contribution >= 0.6 is 0 Å². The number of benzene rings is 1. The first kappa shape index (κ1) is 14.7. The molecule has 0 aromatic heterocycles. The van der Waals surface area contributed by atoms with Crippen molar-refractivity contribution < 1.29 is 14.3 Å². The standard InChI is InChI=1S/C15H22N2O3/c1-17(15(18)14-4-3-9-16-14)10-11-20-13-7-5-12(19-2)6-8-13/h5-8,14,16H,3-4,9-11H2,1-2H3/t14-/m1/s1. The highest BCUT2D eigenvalue weighted by molar-refractivity contribution is 5.81. The number of carbonyl (C=O) groups excluding carboxylic acids is 1. The van der Waals surface area contributed by atoms with Crippen molar-refractivity contribution in [2.75, 3.05) is 33.9 Å². The number of nitrogens with zero attached hydrogens (tertiary/aromatic N) is 1. The maximum absolute atomic E-state index is 12.1. The Hall–Kier alpha value is -1.75. The van der Waals surface area contributed by atoms with Crippen molar-refractivity contribution >= 4 is 5.91 Å². The zero-order valence-corrected chi connectivity index (χ0v) is 12.1. The summed E-state index contributed by atoms with van der Waals surface area (Å²) in [5.41, 5.74) is 0. The zero-order valence-electron chi connectivity index (χ0n) is 12.1. The second-order valence-electron chi connectivity index (χ2n) is 4.93. The summed E-state index contributed by atoms with van der Waals surface area (Å²) in [5, 5.41) is 3.21. The summed E-state index contributed by atoms with van der Waals surface area (Å²) in [7, 11) is 3.45. The van der Waals surface area contributed by atoms with Gasteiger partial charge in [0.25, 0.3) is 0 Å². The molecular formula is C15H22N2O3. The molecule has 1 aromatic carbocycles. The fraction of sp³-hybridized carbons (Fsp3) is 0.533. The number of amides is 1. The van der Waals surface area contributed by atoms with Crippen LogP contribution in [-0.2, 0) is 4.79 Å². The lowest BCUT2D eigenvalue weighted by atomic mass is 10.2. The molecule has 20 heavy (non-hydrogen) atoms. The molecule has 2 rings (SSSR count). The number of carbonyl (C=O) groups is 1. The van der Waals surface area contributed by atoms with E-state index in [1.54, 1.807) is 12.0 Å². The van der Waals surface area contributed by atoms with Gasteiger partial charge in [0.1, 0.15) is 18.1 Å². The van der Waals surface area contributed by atoms with Gasteiger partial charge in [0.05, 0.1) is 19.7 Å². The molecule has 0 unspecified atom stereocenters. The summed E-state index contributed by atoms with van der Waals surface area (Å²) in [6.45, 7) is 2.01. The van der Waals surface area contributed by atoms with E-state index in [1.165, 1.54) is 0 Å². The van der Waals surface area contributed by atoms with Crippen molar-refractivity contribution in [3.63, 3.8) is 0 Å². The first-order valence-electron chi connectivity index (χ1n) is 6.96. The van der Waals surface area contributed by atoms with E-state index in [-0.39, 0.29) is 11.9 Å². The molecule has 5 heteroatoms. The van der Waals surface area contributed by atoms with E-state index >= 15 is 0 Å². The van der Waals surface area contributed by atoms with Crippen molar-refractivity contribution in [2.24, 2.45) is 0 Å². The minimum atomic E-state index is -0.0130. The van der Waals surface area contributed by atoms with Gasteiger partial charge in [-0.2, -0.15) is 0 Å². The molecule has 1 N–H and O–H groups in total. The maximum atomic E-state index is 12.1. The van der Waals surface area contributed by atoms with Crippen LogP contribution in [0.3, 0.4) is 0 Å². The second-order valence-corrected chi connectivity index (χ2v) is 4.93. The van der Waals surface area contributed by atoms with Crippen LogP contribution in [0, 0.1) is 0 Å². The van der Waals surface area contributed by atoms with E-state index < -0.39 is 0 Å². The van der Waals surface area contributed by atoms with Gasteiger partial charge in [0.15, 0.2) is 0 Å². The Morgan fingerprint density at radius 2 is 2.05 bits per heavy atom. The molecule has 0 saturated carbocycles. The Labute approximate surface area is 119 Å². The van der Waals surface area contributed by atoms with Gasteiger partial charge in [-0.05, 0) is 43.7 Å². The van der Waals surface area contributed by atoms with Crippen molar-refractivity contribution in [1.82, 2.24) is 10.2 Å². The lowest BCUT2D eigenvalue weighted by Gasteiger charge is -2.21. The molecule has 1 heterocycles. The van der Waals surface area contributed by atoms with E-state index in [0.29, 0.717) is 13.2 Å². The van der Waals surface area contributed by atoms with Crippen molar-refractivity contribution in [3.8, 4) is 11.5 Å². The SMILES string of the molecule is COc1ccc(OCCN(C)C(=O)[C@H]2CCCN2)cc1. The first-order chi connectivity index (χ1) is 9.70. The van der Waals surface area contributed by atoms with Crippen LogP contribution in [0.1, 0.15) is 12.8 Å². The molecule has 1 atom stereocenters. The second kappa shape index (κ2) is 7.14. The third-order valence-corrected chi connectivity index (χ3v) is 3.49. The van der Waals surface area contributed by atoms with Gasteiger partial charge in [-0.25, -0.2) is 0 Å². The van der Waals surface area contributed by atoms with Crippen molar-refractivity contribution in [1.29, 1.82) is 0 Å². The van der Waals surface area contributed by atoms with Crippen LogP contribution in [0.5, 0.6) is 11.5 Å². The number of ether oxygens (including phenoxy) is 2. The van der Waals surface area contributed by atoms with Crippen molar-refractivity contribution in [2.45, 2.75) is 18.9 Å². The number of methoxy groups -OCH3 is 1. The Morgan fingerprint density at radius 3 is 2.65 bits per heavy atom. The van der Waals surface area contributed by atoms with E-state index in [4.69, 9.17) is 9.47 Å². The molecule has 0 spiro atoms. The summed E-state index contributed by atoms with van der Waals surface area (Å²) in [4.78, 5) is 13.8. The smallest absolute Gasteiger partial charge is 0.239 e. The minimum absolute atomic E-state index is 0.0130. The Morgan fingerprint density at radius 1 is 1.35 bits per heavy atom. The van der Waals surface area contributed by atoms with Crippen LogP contribution in [0.15, 0.2) is 24.3 Å². The maximum Gasteiger partial charge on any atom is 0.239 e. The lowest BCUT2D eigenvalue weighted by molar-refractivity contribution is -0.132. The summed E-state index contributed by atoms with van der Waals surface area (Å²) in [5.74, 6) is 1.74. The van der Waals surface area contributed by atoms with Gasteiger partial charge < -0.3 is 19.7 Å². The molecule has 1 fully saturated rings. The highest BCUT2D eigenvalue weighted by Gasteiger charge is 2.24. The summed E-state index contributed by atoms with van der Waals surface area (Å²) >= 11 is 0. The van der Waals surface area contributed by atoms with Crippen LogP contribution in [-0.4, -0.2) is 50.7 Å². The number of likely N-dealkylation sites (N-methyl/N-ethyl adjacent to an activating group) is 1.